The molecule has 2 N–H and O–H groups in total. The highest BCUT2D eigenvalue weighted by molar-refractivity contribution is 7.89. The Morgan fingerprint density at radius 2 is 1.60 bits per heavy atom. The van der Waals surface area contributed by atoms with Crippen LogP contribution in [0.2, 0.25) is 0 Å². The molecule has 0 spiro atoms. The maximum Gasteiger partial charge on any atom is 0.313 e. The molecule has 0 bridgehead atoms. The molecule has 2 amide bonds. The van der Waals surface area contributed by atoms with Crippen molar-refractivity contribution in [1.29, 1.82) is 0 Å². The molecule has 1 atom stereocenters. The van der Waals surface area contributed by atoms with E-state index in [9.17, 15) is 18.0 Å². The summed E-state index contributed by atoms with van der Waals surface area (Å²) in [6, 6.07) is 13.7. The fraction of sp³-hybridized carbons (Fsp3) is 0.364. The first-order valence-electron chi connectivity index (χ1n) is 10.2. The molecule has 1 aliphatic heterocycles. The first kappa shape index (κ1) is 20.6. The molecule has 158 valence electrons. The summed E-state index contributed by atoms with van der Waals surface area (Å²) in [5, 5.41) is 5.36. The molecule has 1 heterocycles. The highest BCUT2D eigenvalue weighted by Crippen LogP contribution is 2.29. The molecule has 0 aromatic heterocycles. The number of hydrogen-bond acceptors (Lipinski definition) is 4. The van der Waals surface area contributed by atoms with E-state index in [1.165, 1.54) is 34.1 Å². The van der Waals surface area contributed by atoms with Gasteiger partial charge in [-0.25, -0.2) is 8.42 Å². The third-order valence-electron chi connectivity index (χ3n) is 5.70. The number of sulfonamides is 1. The zero-order chi connectivity index (χ0) is 21.1. The molecule has 1 aliphatic carbocycles. The quantitative estimate of drug-likeness (QED) is 0.733. The van der Waals surface area contributed by atoms with Gasteiger partial charge in [0, 0.05) is 18.8 Å². The lowest BCUT2D eigenvalue weighted by Gasteiger charge is -2.26. The van der Waals surface area contributed by atoms with Crippen LogP contribution in [0.25, 0.3) is 0 Å². The van der Waals surface area contributed by atoms with E-state index in [4.69, 9.17) is 0 Å². The fourth-order valence-electron chi connectivity index (χ4n) is 4.10. The van der Waals surface area contributed by atoms with Crippen LogP contribution in [0.1, 0.15) is 42.9 Å². The Hall–Kier alpha value is -2.71. The van der Waals surface area contributed by atoms with Crippen molar-refractivity contribution in [3.8, 4) is 0 Å². The molecular formula is C22H25N3O4S. The van der Waals surface area contributed by atoms with E-state index < -0.39 is 21.8 Å². The minimum Gasteiger partial charge on any atom is -0.341 e. The maximum absolute atomic E-state index is 12.6. The van der Waals surface area contributed by atoms with E-state index in [0.717, 1.165) is 37.7 Å². The van der Waals surface area contributed by atoms with Crippen molar-refractivity contribution in [3.05, 3.63) is 59.7 Å². The van der Waals surface area contributed by atoms with Gasteiger partial charge < -0.3 is 10.6 Å². The Morgan fingerprint density at radius 3 is 2.33 bits per heavy atom. The van der Waals surface area contributed by atoms with Gasteiger partial charge in [0.05, 0.1) is 10.9 Å². The van der Waals surface area contributed by atoms with E-state index >= 15 is 0 Å². The van der Waals surface area contributed by atoms with Gasteiger partial charge in [0.15, 0.2) is 0 Å². The Morgan fingerprint density at radius 1 is 0.900 bits per heavy atom. The normalized spacial score (nSPS) is 19.1. The fourth-order valence-corrected chi connectivity index (χ4v) is 5.62. The topological polar surface area (TPSA) is 95.6 Å². The lowest BCUT2D eigenvalue weighted by atomic mass is 9.88. The number of carbonyl (C=O) groups is 2. The number of hydrogen-bond donors (Lipinski definition) is 2. The predicted molar refractivity (Wildman–Crippen MR) is 113 cm³/mol. The average molecular weight is 428 g/mol. The minimum atomic E-state index is -3.51. The molecule has 7 nitrogen and oxygen atoms in total. The van der Waals surface area contributed by atoms with Crippen molar-refractivity contribution in [3.63, 3.8) is 0 Å². The Balaban J connectivity index is 1.39. The van der Waals surface area contributed by atoms with Crippen molar-refractivity contribution in [2.45, 2.75) is 43.0 Å². The van der Waals surface area contributed by atoms with Gasteiger partial charge in [0.25, 0.3) is 0 Å². The SMILES string of the molecule is O=C(Nc1ccc(S(=O)(=O)N2CCCC2)cc1)C(=O)NC1CCCc2ccccc21. The number of benzene rings is 2. The summed E-state index contributed by atoms with van der Waals surface area (Å²) in [6.07, 6.45) is 4.46. The molecule has 2 aliphatic rings. The summed E-state index contributed by atoms with van der Waals surface area (Å²) in [6.45, 7) is 1.07. The lowest BCUT2D eigenvalue weighted by molar-refractivity contribution is -0.136. The van der Waals surface area contributed by atoms with Gasteiger partial charge >= 0.3 is 11.8 Å². The molecule has 2 aromatic carbocycles. The van der Waals surface area contributed by atoms with Gasteiger partial charge in [0.1, 0.15) is 0 Å². The van der Waals surface area contributed by atoms with E-state index in [-0.39, 0.29) is 10.9 Å². The Bertz CT molecular complexity index is 1040. The summed E-state index contributed by atoms with van der Waals surface area (Å²) in [5.74, 6) is -1.47. The van der Waals surface area contributed by atoms with E-state index in [1.54, 1.807) is 0 Å². The number of nitrogens with one attached hydrogen (secondary N) is 2. The number of amides is 2. The number of fused-ring (bicyclic) bond motifs is 1. The standard InChI is InChI=1S/C22H25N3O4S/c26-21(22(27)24-20-9-5-7-16-6-1-2-8-19(16)20)23-17-10-12-18(13-11-17)30(28,29)25-14-3-4-15-25/h1-2,6,8,10-13,20H,3-5,7,9,14-15H2,(H,23,26)(H,24,27). The highest BCUT2D eigenvalue weighted by Gasteiger charge is 2.27. The van der Waals surface area contributed by atoms with Gasteiger partial charge in [-0.15, -0.1) is 0 Å². The second-order valence-corrected chi connectivity index (χ2v) is 9.64. The lowest BCUT2D eigenvalue weighted by Crippen LogP contribution is -2.38. The van der Waals surface area contributed by atoms with Crippen LogP contribution in [-0.4, -0.2) is 37.6 Å². The maximum atomic E-state index is 12.6. The third-order valence-corrected chi connectivity index (χ3v) is 7.61. The average Bonchev–Trinajstić information content (AvgIpc) is 3.30. The van der Waals surface area contributed by atoms with Gasteiger partial charge in [-0.1, -0.05) is 24.3 Å². The molecule has 30 heavy (non-hydrogen) atoms. The molecule has 0 saturated carbocycles. The first-order chi connectivity index (χ1) is 14.4. The van der Waals surface area contributed by atoms with Crippen molar-refractivity contribution in [1.82, 2.24) is 9.62 Å². The second-order valence-electron chi connectivity index (χ2n) is 7.71. The van der Waals surface area contributed by atoms with Gasteiger partial charge in [0.2, 0.25) is 10.0 Å². The number of nitrogens with zero attached hydrogens (tertiary/aromatic N) is 1. The molecule has 1 saturated heterocycles. The minimum absolute atomic E-state index is 0.179. The molecule has 8 heteroatoms. The van der Waals surface area contributed by atoms with Crippen molar-refractivity contribution < 1.29 is 18.0 Å². The zero-order valence-electron chi connectivity index (χ0n) is 16.6. The highest BCUT2D eigenvalue weighted by atomic mass is 32.2. The zero-order valence-corrected chi connectivity index (χ0v) is 17.5. The number of anilines is 1. The smallest absolute Gasteiger partial charge is 0.313 e. The number of carbonyl (C=O) groups excluding carboxylic acids is 2. The molecular weight excluding hydrogens is 402 g/mol. The summed E-state index contributed by atoms with van der Waals surface area (Å²) in [7, 11) is -3.51. The summed E-state index contributed by atoms with van der Waals surface area (Å²) in [5.41, 5.74) is 2.63. The molecule has 0 radical (unpaired) electrons. The summed E-state index contributed by atoms with van der Waals surface area (Å²) in [4.78, 5) is 24.9. The van der Waals surface area contributed by atoms with Crippen LogP contribution in [0.3, 0.4) is 0 Å². The van der Waals surface area contributed by atoms with E-state index in [1.807, 2.05) is 24.3 Å². The third kappa shape index (κ3) is 4.24. The molecule has 4 rings (SSSR count). The van der Waals surface area contributed by atoms with Crippen LogP contribution in [-0.2, 0) is 26.0 Å². The predicted octanol–water partition coefficient (Wildman–Crippen LogP) is 2.60. The van der Waals surface area contributed by atoms with Crippen LogP contribution in [0.4, 0.5) is 5.69 Å². The van der Waals surface area contributed by atoms with Crippen LogP contribution < -0.4 is 10.6 Å². The first-order valence-corrected chi connectivity index (χ1v) is 11.7. The number of aryl methyl sites for hydroxylation is 1. The van der Waals surface area contributed by atoms with Crippen LogP contribution >= 0.6 is 0 Å². The summed E-state index contributed by atoms with van der Waals surface area (Å²) >= 11 is 0. The van der Waals surface area contributed by atoms with Crippen molar-refractivity contribution in [2.24, 2.45) is 0 Å². The molecule has 1 unspecified atom stereocenters. The van der Waals surface area contributed by atoms with Crippen molar-refractivity contribution in [2.75, 3.05) is 18.4 Å². The molecule has 2 aromatic rings. The number of rotatable bonds is 4. The van der Waals surface area contributed by atoms with E-state index in [2.05, 4.69) is 10.6 Å². The second kappa shape index (κ2) is 8.57. The van der Waals surface area contributed by atoms with E-state index in [0.29, 0.717) is 18.8 Å². The monoisotopic (exact) mass is 427 g/mol. The summed E-state index contributed by atoms with van der Waals surface area (Å²) < 4.78 is 26.6. The van der Waals surface area contributed by atoms with Gasteiger partial charge in [-0.05, 0) is 67.5 Å². The van der Waals surface area contributed by atoms with Gasteiger partial charge in [-0.3, -0.25) is 9.59 Å². The molecule has 1 fully saturated rings. The van der Waals surface area contributed by atoms with Crippen LogP contribution in [0.5, 0.6) is 0 Å². The van der Waals surface area contributed by atoms with Crippen molar-refractivity contribution >= 4 is 27.5 Å². The largest absolute Gasteiger partial charge is 0.341 e. The Labute approximate surface area is 176 Å². The van der Waals surface area contributed by atoms with Crippen LogP contribution in [0.15, 0.2) is 53.4 Å². The Kier molecular flexibility index (Phi) is 5.87. The van der Waals surface area contributed by atoms with Crippen LogP contribution in [0, 0.1) is 0 Å². The van der Waals surface area contributed by atoms with Gasteiger partial charge in [-0.2, -0.15) is 4.31 Å².